The van der Waals surface area contributed by atoms with E-state index in [9.17, 15) is 14.4 Å². The molecule has 2 amide bonds. The van der Waals surface area contributed by atoms with Gasteiger partial charge in [-0.3, -0.25) is 23.6 Å². The van der Waals surface area contributed by atoms with Crippen LogP contribution in [0.25, 0.3) is 27.6 Å². The Morgan fingerprint density at radius 3 is 2.55 bits per heavy atom. The van der Waals surface area contributed by atoms with Crippen molar-refractivity contribution < 1.29 is 18.7 Å². The number of nitrogens with one attached hydrogen (secondary N) is 1. The Bertz CT molecular complexity index is 2110. The van der Waals surface area contributed by atoms with Gasteiger partial charge in [0, 0.05) is 81.5 Å². The van der Waals surface area contributed by atoms with Crippen LogP contribution in [0.3, 0.4) is 0 Å². The van der Waals surface area contributed by atoms with Crippen LogP contribution in [0.4, 0.5) is 10.2 Å². The normalized spacial score (nSPS) is 15.1. The predicted molar refractivity (Wildman–Crippen MR) is 184 cm³/mol. The van der Waals surface area contributed by atoms with E-state index in [0.717, 1.165) is 11.4 Å². The first-order valence-electron chi connectivity index (χ1n) is 16.3. The Balaban J connectivity index is 1.19. The molecule has 5 aromatic rings. The number of hydrogen-bond acceptors (Lipinski definition) is 7. The number of benzene rings is 2. The van der Waals surface area contributed by atoms with E-state index >= 15 is 4.39 Å². The Hall–Kier alpha value is -5.72. The number of nitrogens with zero attached hydrogens (tertiary/aromatic N) is 7. The molecule has 1 N–H and O–H groups in total. The number of fused-ring (bicyclic) bond motifs is 1. The molecule has 7 rings (SSSR count). The van der Waals surface area contributed by atoms with Crippen LogP contribution in [-0.4, -0.2) is 92.5 Å². The van der Waals surface area contributed by atoms with Crippen LogP contribution in [0.15, 0.2) is 77.9 Å². The molecule has 49 heavy (non-hydrogen) atoms. The van der Waals surface area contributed by atoms with Crippen LogP contribution in [0.5, 0.6) is 5.75 Å². The zero-order valence-corrected chi connectivity index (χ0v) is 27.4. The third-order valence-corrected chi connectivity index (χ3v) is 9.41. The molecule has 3 aromatic heterocycles. The average molecular weight is 665 g/mol. The van der Waals surface area contributed by atoms with Crippen molar-refractivity contribution in [3.63, 3.8) is 0 Å². The van der Waals surface area contributed by atoms with Crippen molar-refractivity contribution in [1.82, 2.24) is 34.3 Å². The summed E-state index contributed by atoms with van der Waals surface area (Å²) in [4.78, 5) is 47.9. The summed E-state index contributed by atoms with van der Waals surface area (Å²) in [7, 11) is 3.33. The molecule has 13 heteroatoms. The maximum atomic E-state index is 16.6. The van der Waals surface area contributed by atoms with Crippen molar-refractivity contribution in [2.24, 2.45) is 7.05 Å². The molecule has 0 radical (unpaired) electrons. The number of pyridine rings is 1. The number of rotatable bonds is 8. The molecule has 0 unspecified atom stereocenters. The summed E-state index contributed by atoms with van der Waals surface area (Å²) in [6.07, 6.45) is 6.10. The molecule has 2 aliphatic heterocycles. The predicted octanol–water partition coefficient (Wildman–Crippen LogP) is 3.94. The maximum absolute atomic E-state index is 16.6. The molecule has 0 spiro atoms. The van der Waals surface area contributed by atoms with Crippen LogP contribution in [0.1, 0.15) is 28.9 Å². The standard InChI is InChI=1S/C36H37FN8O4/c1-41-31(10-5-11-32(41)46)42-17-19-43(20-18-42)36(48)29-22-28-27(25-8-3-4-9-30(25)49-2)21-26(34(37)35(28)39-29)24-7-6-14-44(23-24)33(47)12-15-45-16-13-38-40-45/h3-5,7-11,13,16,21-22,39H,6,12,14-15,17-20,23H2,1-2H3. The second-order valence-corrected chi connectivity index (χ2v) is 12.3. The molecule has 5 heterocycles. The number of methoxy groups -OCH3 is 1. The lowest BCUT2D eigenvalue weighted by molar-refractivity contribution is -0.131. The first-order valence-corrected chi connectivity index (χ1v) is 16.3. The van der Waals surface area contributed by atoms with E-state index in [1.165, 1.54) is 6.07 Å². The highest BCUT2D eigenvalue weighted by Crippen LogP contribution is 2.40. The number of ether oxygens (including phenoxy) is 1. The van der Waals surface area contributed by atoms with E-state index in [1.54, 1.807) is 63.8 Å². The van der Waals surface area contributed by atoms with Gasteiger partial charge in [-0.2, -0.15) is 0 Å². The second-order valence-electron chi connectivity index (χ2n) is 12.3. The minimum absolute atomic E-state index is 0.0464. The zero-order valence-electron chi connectivity index (χ0n) is 27.4. The van der Waals surface area contributed by atoms with Crippen molar-refractivity contribution >= 4 is 34.1 Å². The van der Waals surface area contributed by atoms with Gasteiger partial charge in [-0.25, -0.2) is 4.39 Å². The molecule has 0 atom stereocenters. The van der Waals surface area contributed by atoms with Crippen LogP contribution in [-0.2, 0) is 18.4 Å². The van der Waals surface area contributed by atoms with Crippen molar-refractivity contribution in [3.05, 3.63) is 100 Å². The highest BCUT2D eigenvalue weighted by atomic mass is 19.1. The minimum Gasteiger partial charge on any atom is -0.496 e. The van der Waals surface area contributed by atoms with Crippen molar-refractivity contribution in [2.45, 2.75) is 19.4 Å². The lowest BCUT2D eigenvalue weighted by atomic mass is 9.93. The molecule has 1 fully saturated rings. The van der Waals surface area contributed by atoms with Gasteiger partial charge in [0.15, 0.2) is 5.82 Å². The monoisotopic (exact) mass is 664 g/mol. The van der Waals surface area contributed by atoms with E-state index in [1.807, 2.05) is 36.4 Å². The van der Waals surface area contributed by atoms with E-state index in [4.69, 9.17) is 4.74 Å². The number of aryl methyl sites for hydroxylation is 1. The minimum atomic E-state index is -0.481. The molecule has 2 aromatic carbocycles. The van der Waals surface area contributed by atoms with E-state index in [-0.39, 0.29) is 41.5 Å². The molecular formula is C36H37FN8O4. The number of anilines is 1. The number of halogens is 1. The number of para-hydroxylation sites is 1. The Labute approximate surface area is 282 Å². The Morgan fingerprint density at radius 2 is 1.78 bits per heavy atom. The van der Waals surface area contributed by atoms with Crippen molar-refractivity contribution in [3.8, 4) is 16.9 Å². The summed E-state index contributed by atoms with van der Waals surface area (Å²) >= 11 is 0. The molecule has 252 valence electrons. The first kappa shape index (κ1) is 31.9. The van der Waals surface area contributed by atoms with Crippen LogP contribution in [0, 0.1) is 5.82 Å². The number of hydrogen-bond donors (Lipinski definition) is 1. The van der Waals surface area contributed by atoms with E-state index in [2.05, 4.69) is 20.2 Å². The van der Waals surface area contributed by atoms with Crippen LogP contribution >= 0.6 is 0 Å². The molecule has 0 aliphatic carbocycles. The molecule has 12 nitrogen and oxygen atoms in total. The summed E-state index contributed by atoms with van der Waals surface area (Å²) < 4.78 is 25.6. The summed E-state index contributed by atoms with van der Waals surface area (Å²) in [5, 5.41) is 8.29. The van der Waals surface area contributed by atoms with Gasteiger partial charge in [0.1, 0.15) is 17.3 Å². The van der Waals surface area contributed by atoms with Gasteiger partial charge >= 0.3 is 0 Å². The first-order chi connectivity index (χ1) is 23.8. The van der Waals surface area contributed by atoms with Gasteiger partial charge in [-0.05, 0) is 41.8 Å². The highest BCUT2D eigenvalue weighted by Gasteiger charge is 2.28. The summed E-state index contributed by atoms with van der Waals surface area (Å²) in [5.41, 5.74) is 2.95. The molecule has 1 saturated heterocycles. The summed E-state index contributed by atoms with van der Waals surface area (Å²) in [5.74, 6) is 0.657. The largest absolute Gasteiger partial charge is 0.496 e. The summed E-state index contributed by atoms with van der Waals surface area (Å²) in [6, 6.07) is 16.2. The van der Waals surface area contributed by atoms with Gasteiger partial charge in [-0.1, -0.05) is 35.6 Å². The third kappa shape index (κ3) is 6.19. The van der Waals surface area contributed by atoms with Gasteiger partial charge in [0.05, 0.1) is 25.4 Å². The van der Waals surface area contributed by atoms with Crippen molar-refractivity contribution in [1.29, 1.82) is 0 Å². The zero-order chi connectivity index (χ0) is 34.1. The maximum Gasteiger partial charge on any atom is 0.270 e. The SMILES string of the molecule is COc1ccccc1-c1cc(C2=CCCN(C(=O)CCn3ccnn3)C2)c(F)c2[nH]c(C(=O)N3CCN(c4cccc(=O)n4C)CC3)cc12. The number of aromatic amines is 1. The Morgan fingerprint density at radius 1 is 0.959 bits per heavy atom. The number of piperazine rings is 1. The van der Waals surface area contributed by atoms with Crippen molar-refractivity contribution in [2.75, 3.05) is 51.3 Å². The number of amides is 2. The topological polar surface area (TPSA) is 122 Å². The summed E-state index contributed by atoms with van der Waals surface area (Å²) in [6.45, 7) is 3.20. The smallest absolute Gasteiger partial charge is 0.270 e. The van der Waals surface area contributed by atoms with E-state index < -0.39 is 5.82 Å². The molecular weight excluding hydrogens is 627 g/mol. The second kappa shape index (κ2) is 13.4. The number of H-pyrrole nitrogens is 1. The molecule has 0 saturated carbocycles. The number of aromatic nitrogens is 5. The number of carbonyl (C=O) groups excluding carboxylic acids is 2. The third-order valence-electron chi connectivity index (χ3n) is 9.41. The number of carbonyl (C=O) groups is 2. The lowest BCUT2D eigenvalue weighted by Gasteiger charge is -2.36. The van der Waals surface area contributed by atoms with Crippen LogP contribution < -0.4 is 15.2 Å². The average Bonchev–Trinajstić information content (AvgIpc) is 3.83. The van der Waals surface area contributed by atoms with E-state index in [0.29, 0.717) is 73.5 Å². The van der Waals surface area contributed by atoms with Gasteiger partial charge in [0.2, 0.25) is 5.91 Å². The quantitative estimate of drug-likeness (QED) is 0.267. The highest BCUT2D eigenvalue weighted by molar-refractivity contribution is 6.05. The van der Waals surface area contributed by atoms with Gasteiger partial charge in [-0.15, -0.1) is 5.10 Å². The molecule has 2 aliphatic rings. The Kier molecular flexibility index (Phi) is 8.72. The van der Waals surface area contributed by atoms with Crippen LogP contribution in [0.2, 0.25) is 0 Å². The fourth-order valence-electron chi connectivity index (χ4n) is 6.75. The van der Waals surface area contributed by atoms with Gasteiger partial charge < -0.3 is 24.4 Å². The van der Waals surface area contributed by atoms with Gasteiger partial charge in [0.25, 0.3) is 11.5 Å². The fourth-order valence-corrected chi connectivity index (χ4v) is 6.75. The lowest BCUT2D eigenvalue weighted by Crippen LogP contribution is -2.49. The molecule has 0 bridgehead atoms. The fraction of sp³-hybridized carbons (Fsp3) is 0.306.